The van der Waals surface area contributed by atoms with Crippen molar-refractivity contribution in [2.24, 2.45) is 0 Å². The third-order valence-corrected chi connectivity index (χ3v) is 3.83. The summed E-state index contributed by atoms with van der Waals surface area (Å²) in [5.41, 5.74) is 0. The summed E-state index contributed by atoms with van der Waals surface area (Å²) in [6.07, 6.45) is 11.5. The summed E-state index contributed by atoms with van der Waals surface area (Å²) in [4.78, 5) is 13.8. The summed E-state index contributed by atoms with van der Waals surface area (Å²) in [6, 6.07) is 0.0824. The number of carbonyl (C=O) groups is 1. The van der Waals surface area contributed by atoms with Gasteiger partial charge in [0.05, 0.1) is 12.7 Å². The van der Waals surface area contributed by atoms with Crippen molar-refractivity contribution in [2.45, 2.75) is 77.7 Å². The van der Waals surface area contributed by atoms with Crippen LogP contribution in [0.5, 0.6) is 0 Å². The first kappa shape index (κ1) is 15.5. The van der Waals surface area contributed by atoms with Gasteiger partial charge >= 0.3 is 0 Å². The van der Waals surface area contributed by atoms with Gasteiger partial charge in [0, 0.05) is 6.54 Å². The van der Waals surface area contributed by atoms with Gasteiger partial charge in [0.15, 0.2) is 0 Å². The predicted octanol–water partition coefficient (Wildman–Crippen LogP) is 3.30. The molecule has 1 unspecified atom stereocenters. The smallest absolute Gasteiger partial charge is 0.240 e. The predicted molar refractivity (Wildman–Crippen MR) is 76.4 cm³/mol. The minimum absolute atomic E-state index is 0.0824. The third kappa shape index (κ3) is 5.38. The molecule has 1 saturated heterocycles. The molecule has 1 fully saturated rings. The molecule has 0 aromatic carbocycles. The molecule has 3 heteroatoms. The molecule has 0 aromatic heterocycles. The number of amides is 1. The standard InChI is InChI=1S/C15H30N2O/c1-3-5-6-7-8-9-10-11-12-17-13-16-14(4-2)15(17)18/h14,16H,3-13H2,1-2H3. The summed E-state index contributed by atoms with van der Waals surface area (Å²) in [6.45, 7) is 6.02. The number of hydrogen-bond acceptors (Lipinski definition) is 2. The lowest BCUT2D eigenvalue weighted by molar-refractivity contribution is -0.129. The van der Waals surface area contributed by atoms with Crippen molar-refractivity contribution in [3.63, 3.8) is 0 Å². The van der Waals surface area contributed by atoms with E-state index in [1.165, 1.54) is 44.9 Å². The van der Waals surface area contributed by atoms with E-state index >= 15 is 0 Å². The molecule has 1 atom stereocenters. The highest BCUT2D eigenvalue weighted by molar-refractivity contribution is 5.83. The fourth-order valence-corrected chi connectivity index (χ4v) is 2.55. The molecule has 0 spiro atoms. The zero-order valence-corrected chi connectivity index (χ0v) is 12.2. The number of nitrogens with zero attached hydrogens (tertiary/aromatic N) is 1. The highest BCUT2D eigenvalue weighted by atomic mass is 16.2. The molecule has 0 aliphatic carbocycles. The maximum atomic E-state index is 11.8. The molecule has 0 bridgehead atoms. The molecule has 1 aliphatic rings. The molecule has 1 aliphatic heterocycles. The number of hydrogen-bond donors (Lipinski definition) is 1. The van der Waals surface area contributed by atoms with Crippen LogP contribution in [0.2, 0.25) is 0 Å². The number of nitrogens with one attached hydrogen (secondary N) is 1. The zero-order chi connectivity index (χ0) is 13.2. The van der Waals surface area contributed by atoms with Crippen LogP contribution in [0.15, 0.2) is 0 Å². The Kier molecular flexibility index (Phi) is 8.06. The van der Waals surface area contributed by atoms with E-state index < -0.39 is 0 Å². The van der Waals surface area contributed by atoms with Gasteiger partial charge in [0.25, 0.3) is 0 Å². The fraction of sp³-hybridized carbons (Fsp3) is 0.933. The fourth-order valence-electron chi connectivity index (χ4n) is 2.55. The minimum atomic E-state index is 0.0824. The lowest BCUT2D eigenvalue weighted by Gasteiger charge is -2.14. The first-order valence-corrected chi connectivity index (χ1v) is 7.81. The van der Waals surface area contributed by atoms with E-state index in [-0.39, 0.29) is 6.04 Å². The lowest BCUT2D eigenvalue weighted by atomic mass is 10.1. The summed E-state index contributed by atoms with van der Waals surface area (Å²) < 4.78 is 0. The average Bonchev–Trinajstić information content (AvgIpc) is 2.73. The van der Waals surface area contributed by atoms with Crippen molar-refractivity contribution in [1.82, 2.24) is 10.2 Å². The second-order valence-electron chi connectivity index (χ2n) is 5.40. The maximum Gasteiger partial charge on any atom is 0.240 e. The Balaban J connectivity index is 1.94. The van der Waals surface area contributed by atoms with E-state index in [2.05, 4.69) is 19.2 Å². The van der Waals surface area contributed by atoms with Gasteiger partial charge in [-0.25, -0.2) is 0 Å². The number of carbonyl (C=O) groups excluding carboxylic acids is 1. The van der Waals surface area contributed by atoms with Gasteiger partial charge in [-0.3, -0.25) is 10.1 Å². The SMILES string of the molecule is CCCCCCCCCCN1CNC(CC)C1=O. The lowest BCUT2D eigenvalue weighted by Crippen LogP contribution is -2.30. The number of rotatable bonds is 10. The van der Waals surface area contributed by atoms with E-state index in [9.17, 15) is 4.79 Å². The Labute approximate surface area is 112 Å². The van der Waals surface area contributed by atoms with Crippen LogP contribution in [0.1, 0.15) is 71.6 Å². The van der Waals surface area contributed by atoms with Gasteiger partial charge in [-0.15, -0.1) is 0 Å². The molecule has 0 radical (unpaired) electrons. The van der Waals surface area contributed by atoms with Gasteiger partial charge in [0.2, 0.25) is 5.91 Å². The van der Waals surface area contributed by atoms with Crippen LogP contribution in [-0.2, 0) is 4.79 Å². The third-order valence-electron chi connectivity index (χ3n) is 3.83. The number of unbranched alkanes of at least 4 members (excludes halogenated alkanes) is 7. The van der Waals surface area contributed by atoms with Gasteiger partial charge in [0.1, 0.15) is 0 Å². The average molecular weight is 254 g/mol. The second kappa shape index (κ2) is 9.37. The normalized spacial score (nSPS) is 19.8. The first-order chi connectivity index (χ1) is 8.79. The molecule has 3 nitrogen and oxygen atoms in total. The van der Waals surface area contributed by atoms with Crippen molar-refractivity contribution in [3.8, 4) is 0 Å². The molecule has 1 N–H and O–H groups in total. The zero-order valence-electron chi connectivity index (χ0n) is 12.2. The molecule has 0 aromatic rings. The molecular formula is C15H30N2O. The van der Waals surface area contributed by atoms with Gasteiger partial charge in [-0.1, -0.05) is 58.8 Å². The molecule has 0 saturated carbocycles. The van der Waals surface area contributed by atoms with E-state index in [0.29, 0.717) is 5.91 Å². The van der Waals surface area contributed by atoms with E-state index in [1.54, 1.807) is 0 Å². The highest BCUT2D eigenvalue weighted by Gasteiger charge is 2.28. The Bertz CT molecular complexity index is 231. The largest absolute Gasteiger partial charge is 0.329 e. The van der Waals surface area contributed by atoms with Crippen molar-refractivity contribution < 1.29 is 4.79 Å². The van der Waals surface area contributed by atoms with Crippen molar-refractivity contribution in [3.05, 3.63) is 0 Å². The van der Waals surface area contributed by atoms with Crippen LogP contribution in [0, 0.1) is 0 Å². The molecular weight excluding hydrogens is 224 g/mol. The Morgan fingerprint density at radius 3 is 2.22 bits per heavy atom. The van der Waals surface area contributed by atoms with Crippen LogP contribution in [0.3, 0.4) is 0 Å². The van der Waals surface area contributed by atoms with Crippen molar-refractivity contribution in [2.75, 3.05) is 13.2 Å². The topological polar surface area (TPSA) is 32.3 Å². The maximum absolute atomic E-state index is 11.8. The molecule has 1 heterocycles. The molecule has 1 amide bonds. The second-order valence-corrected chi connectivity index (χ2v) is 5.40. The summed E-state index contributed by atoms with van der Waals surface area (Å²) in [7, 11) is 0. The summed E-state index contributed by atoms with van der Waals surface area (Å²) >= 11 is 0. The van der Waals surface area contributed by atoms with Crippen molar-refractivity contribution in [1.29, 1.82) is 0 Å². The highest BCUT2D eigenvalue weighted by Crippen LogP contribution is 2.11. The monoisotopic (exact) mass is 254 g/mol. The van der Waals surface area contributed by atoms with Crippen LogP contribution < -0.4 is 5.32 Å². The minimum Gasteiger partial charge on any atom is -0.329 e. The summed E-state index contributed by atoms with van der Waals surface area (Å²) in [5, 5.41) is 3.26. The van der Waals surface area contributed by atoms with Crippen LogP contribution >= 0.6 is 0 Å². The summed E-state index contributed by atoms with van der Waals surface area (Å²) in [5.74, 6) is 0.306. The van der Waals surface area contributed by atoms with Gasteiger partial charge in [-0.05, 0) is 12.8 Å². The van der Waals surface area contributed by atoms with Crippen LogP contribution in [-0.4, -0.2) is 30.1 Å². The van der Waals surface area contributed by atoms with Crippen LogP contribution in [0.25, 0.3) is 0 Å². The van der Waals surface area contributed by atoms with Gasteiger partial charge < -0.3 is 4.90 Å². The van der Waals surface area contributed by atoms with E-state index in [1.807, 2.05) is 4.90 Å². The van der Waals surface area contributed by atoms with E-state index in [4.69, 9.17) is 0 Å². The Hall–Kier alpha value is -0.570. The quantitative estimate of drug-likeness (QED) is 0.607. The molecule has 18 heavy (non-hydrogen) atoms. The molecule has 106 valence electrons. The first-order valence-electron chi connectivity index (χ1n) is 7.81. The van der Waals surface area contributed by atoms with E-state index in [0.717, 1.165) is 26.1 Å². The Morgan fingerprint density at radius 1 is 1.06 bits per heavy atom. The van der Waals surface area contributed by atoms with Crippen LogP contribution in [0.4, 0.5) is 0 Å². The van der Waals surface area contributed by atoms with Crippen molar-refractivity contribution >= 4 is 5.91 Å². The molecule has 1 rings (SSSR count). The van der Waals surface area contributed by atoms with Gasteiger partial charge in [-0.2, -0.15) is 0 Å². The Morgan fingerprint density at radius 2 is 1.67 bits per heavy atom.